The van der Waals surface area contributed by atoms with Gasteiger partial charge in [-0.1, -0.05) is 12.1 Å². The second-order valence-electron chi connectivity index (χ2n) is 5.48. The minimum absolute atomic E-state index is 0.173. The lowest BCUT2D eigenvalue weighted by molar-refractivity contribution is -0.110. The number of amides is 1. The normalized spacial score (nSPS) is 15.0. The van der Waals surface area contributed by atoms with Crippen molar-refractivity contribution in [3.8, 4) is 0 Å². The summed E-state index contributed by atoms with van der Waals surface area (Å²) in [6.45, 7) is 5.40. The van der Waals surface area contributed by atoms with Gasteiger partial charge in [-0.3, -0.25) is 4.79 Å². The summed E-state index contributed by atoms with van der Waals surface area (Å²) in [5.74, 6) is -1.14. The molecule has 0 unspecified atom stereocenters. The van der Waals surface area contributed by atoms with E-state index in [0.717, 1.165) is 16.8 Å². The van der Waals surface area contributed by atoms with Gasteiger partial charge in [-0.2, -0.15) is 0 Å². The first-order valence-electron chi connectivity index (χ1n) is 6.95. The number of anilines is 1. The van der Waals surface area contributed by atoms with E-state index in [2.05, 4.69) is 10.3 Å². The Bertz CT molecular complexity index is 844. The second kappa shape index (κ2) is 4.87. The predicted octanol–water partition coefficient (Wildman–Crippen LogP) is 3.13. The molecular formula is C17H16N2O3. The number of carbonyl (C=O) groups is 2. The van der Waals surface area contributed by atoms with Crippen molar-refractivity contribution in [2.24, 2.45) is 0 Å². The number of hydrogen-bond acceptors (Lipinski definition) is 2. The quantitative estimate of drug-likeness (QED) is 0.745. The highest BCUT2D eigenvalue weighted by Crippen LogP contribution is 2.36. The molecule has 1 aromatic heterocycles. The zero-order chi connectivity index (χ0) is 16.0. The average Bonchev–Trinajstić information content (AvgIpc) is 2.89. The number of nitrogens with one attached hydrogen (secondary N) is 2. The first-order chi connectivity index (χ1) is 10.4. The molecule has 5 nitrogen and oxygen atoms in total. The Morgan fingerprint density at radius 1 is 1.23 bits per heavy atom. The van der Waals surface area contributed by atoms with E-state index < -0.39 is 5.97 Å². The third kappa shape index (κ3) is 2.02. The Balaban J connectivity index is 2.18. The monoisotopic (exact) mass is 296 g/mol. The van der Waals surface area contributed by atoms with Crippen molar-refractivity contribution < 1.29 is 14.7 Å². The molecule has 1 amide bonds. The molecule has 5 heteroatoms. The van der Waals surface area contributed by atoms with Crippen molar-refractivity contribution in [1.29, 1.82) is 0 Å². The molecule has 0 radical (unpaired) electrons. The van der Waals surface area contributed by atoms with Gasteiger partial charge in [0.15, 0.2) is 0 Å². The molecule has 0 saturated carbocycles. The lowest BCUT2D eigenvalue weighted by Gasteiger charge is -2.03. The van der Waals surface area contributed by atoms with Crippen molar-refractivity contribution in [3.63, 3.8) is 0 Å². The van der Waals surface area contributed by atoms with Crippen molar-refractivity contribution >= 4 is 29.2 Å². The molecule has 0 bridgehead atoms. The maximum Gasteiger partial charge on any atom is 0.337 e. The Morgan fingerprint density at radius 2 is 1.95 bits per heavy atom. The van der Waals surface area contributed by atoms with Crippen LogP contribution in [-0.2, 0) is 4.79 Å². The molecule has 0 aliphatic carbocycles. The molecule has 0 saturated heterocycles. The van der Waals surface area contributed by atoms with Gasteiger partial charge in [0, 0.05) is 22.6 Å². The van der Waals surface area contributed by atoms with Gasteiger partial charge in [-0.05, 0) is 44.0 Å². The van der Waals surface area contributed by atoms with Gasteiger partial charge >= 0.3 is 5.97 Å². The van der Waals surface area contributed by atoms with Gasteiger partial charge in [-0.25, -0.2) is 4.79 Å². The predicted molar refractivity (Wildman–Crippen MR) is 84.9 cm³/mol. The van der Waals surface area contributed by atoms with Gasteiger partial charge in [0.1, 0.15) is 0 Å². The molecule has 1 aromatic carbocycles. The number of fused-ring (bicyclic) bond motifs is 1. The second-order valence-corrected chi connectivity index (χ2v) is 5.48. The van der Waals surface area contributed by atoms with E-state index >= 15 is 0 Å². The van der Waals surface area contributed by atoms with Crippen LogP contribution in [0.4, 0.5) is 5.69 Å². The highest BCUT2D eigenvalue weighted by atomic mass is 16.4. The number of hydrogen-bond donors (Lipinski definition) is 3. The molecule has 3 rings (SSSR count). The van der Waals surface area contributed by atoms with E-state index in [1.54, 1.807) is 19.9 Å². The molecule has 112 valence electrons. The molecule has 3 N–H and O–H groups in total. The third-order valence-corrected chi connectivity index (χ3v) is 4.01. The lowest BCUT2D eigenvalue weighted by Crippen LogP contribution is -2.03. The van der Waals surface area contributed by atoms with E-state index in [9.17, 15) is 14.7 Å². The first-order valence-corrected chi connectivity index (χ1v) is 6.95. The summed E-state index contributed by atoms with van der Waals surface area (Å²) in [5.41, 5.74) is 5.33. The van der Waals surface area contributed by atoms with Crippen LogP contribution in [0, 0.1) is 20.8 Å². The smallest absolute Gasteiger partial charge is 0.337 e. The number of benzene rings is 1. The summed E-state index contributed by atoms with van der Waals surface area (Å²) >= 11 is 0. The van der Waals surface area contributed by atoms with E-state index in [1.807, 2.05) is 25.1 Å². The van der Waals surface area contributed by atoms with E-state index in [1.165, 1.54) is 0 Å². The molecule has 0 fully saturated rings. The van der Waals surface area contributed by atoms with Crippen molar-refractivity contribution in [3.05, 3.63) is 51.8 Å². The Hall–Kier alpha value is -2.82. The van der Waals surface area contributed by atoms with Crippen LogP contribution in [0.25, 0.3) is 11.6 Å². The van der Waals surface area contributed by atoms with Crippen molar-refractivity contribution in [2.75, 3.05) is 5.32 Å². The van der Waals surface area contributed by atoms with E-state index in [-0.39, 0.29) is 11.5 Å². The average molecular weight is 296 g/mol. The number of rotatable bonds is 2. The fourth-order valence-corrected chi connectivity index (χ4v) is 2.95. The minimum atomic E-state index is -0.969. The van der Waals surface area contributed by atoms with Crippen molar-refractivity contribution in [2.45, 2.75) is 20.8 Å². The summed E-state index contributed by atoms with van der Waals surface area (Å²) in [6, 6.07) is 5.70. The molecule has 2 aromatic rings. The summed E-state index contributed by atoms with van der Waals surface area (Å²) in [5, 5.41) is 12.1. The Morgan fingerprint density at radius 3 is 2.59 bits per heavy atom. The van der Waals surface area contributed by atoms with Crippen LogP contribution in [0.1, 0.15) is 38.4 Å². The third-order valence-electron chi connectivity index (χ3n) is 4.01. The van der Waals surface area contributed by atoms with Crippen LogP contribution in [0.5, 0.6) is 0 Å². The van der Waals surface area contributed by atoms with Gasteiger partial charge in [0.25, 0.3) is 5.91 Å². The zero-order valence-electron chi connectivity index (χ0n) is 12.6. The largest absolute Gasteiger partial charge is 0.478 e. The van der Waals surface area contributed by atoms with Crippen molar-refractivity contribution in [1.82, 2.24) is 4.98 Å². The number of aromatic carboxylic acids is 1. The highest BCUT2D eigenvalue weighted by molar-refractivity contribution is 6.35. The Labute approximate surface area is 127 Å². The number of H-pyrrole nitrogens is 1. The van der Waals surface area contributed by atoms with Gasteiger partial charge in [0.05, 0.1) is 11.1 Å². The van der Waals surface area contributed by atoms with Crippen LogP contribution >= 0.6 is 0 Å². The molecular weight excluding hydrogens is 280 g/mol. The topological polar surface area (TPSA) is 82.2 Å². The van der Waals surface area contributed by atoms with Crippen LogP contribution in [0.3, 0.4) is 0 Å². The van der Waals surface area contributed by atoms with Crippen LogP contribution in [0.2, 0.25) is 0 Å². The molecule has 1 aliphatic heterocycles. The summed E-state index contributed by atoms with van der Waals surface area (Å²) in [6.07, 6.45) is 1.73. The minimum Gasteiger partial charge on any atom is -0.478 e. The van der Waals surface area contributed by atoms with E-state index in [0.29, 0.717) is 22.5 Å². The van der Waals surface area contributed by atoms with Crippen LogP contribution in [-0.4, -0.2) is 22.0 Å². The number of carbonyl (C=O) groups excluding carboxylic acids is 1. The maximum atomic E-state index is 12.2. The van der Waals surface area contributed by atoms with Gasteiger partial charge in [-0.15, -0.1) is 0 Å². The van der Waals surface area contributed by atoms with Gasteiger partial charge < -0.3 is 15.4 Å². The molecule has 0 spiro atoms. The zero-order valence-corrected chi connectivity index (χ0v) is 12.6. The molecule has 22 heavy (non-hydrogen) atoms. The lowest BCUT2D eigenvalue weighted by atomic mass is 10.00. The number of carboxylic acids is 1. The number of aromatic nitrogens is 1. The number of carboxylic acid groups (broad SMARTS) is 1. The molecule has 1 aliphatic rings. The molecule has 2 heterocycles. The summed E-state index contributed by atoms with van der Waals surface area (Å²) < 4.78 is 0. The molecule has 0 atom stereocenters. The number of aromatic amines is 1. The summed E-state index contributed by atoms with van der Waals surface area (Å²) in [7, 11) is 0. The Kier molecular flexibility index (Phi) is 3.13. The van der Waals surface area contributed by atoms with Crippen LogP contribution < -0.4 is 5.32 Å². The first kappa shape index (κ1) is 14.1. The standard InChI is InChI=1S/C17H16N2O3/c1-8-5-4-6-12-14(8)11(16(20)19-12)7-13-9(2)15(17(21)22)10(3)18-13/h4-7,18H,1-3H3,(H,19,20)(H,21,22)/b11-7-. The van der Waals surface area contributed by atoms with Gasteiger partial charge in [0.2, 0.25) is 0 Å². The number of aryl methyl sites for hydroxylation is 2. The summed E-state index contributed by atoms with van der Waals surface area (Å²) in [4.78, 5) is 26.6. The highest BCUT2D eigenvalue weighted by Gasteiger charge is 2.26. The van der Waals surface area contributed by atoms with E-state index in [4.69, 9.17) is 0 Å². The van der Waals surface area contributed by atoms with Crippen LogP contribution in [0.15, 0.2) is 18.2 Å². The SMILES string of the molecule is Cc1cccc2c1/C(=C/c1[nH]c(C)c(C(=O)O)c1C)C(=O)N2. The fourth-order valence-electron chi connectivity index (χ4n) is 2.95. The fraction of sp³-hybridized carbons (Fsp3) is 0.176. The maximum absolute atomic E-state index is 12.2.